The standard InChI is InChI=1S/C13H12BrClN2/c1-9-4-5-16-8-13(9)17-7-10-6-11(14)2-3-12(10)15/h2-6,8,17H,7H2,1H3. The molecule has 0 amide bonds. The van der Waals surface area contributed by atoms with Gasteiger partial charge in [-0.2, -0.15) is 0 Å². The first-order valence-corrected chi connectivity index (χ1v) is 6.42. The van der Waals surface area contributed by atoms with E-state index >= 15 is 0 Å². The minimum Gasteiger partial charge on any atom is -0.379 e. The van der Waals surface area contributed by atoms with E-state index in [1.807, 2.05) is 37.4 Å². The van der Waals surface area contributed by atoms with Gasteiger partial charge in [-0.05, 0) is 42.3 Å². The summed E-state index contributed by atoms with van der Waals surface area (Å²) in [5, 5.41) is 4.10. The van der Waals surface area contributed by atoms with E-state index in [0.29, 0.717) is 6.54 Å². The molecule has 2 rings (SSSR count). The van der Waals surface area contributed by atoms with Crippen LogP contribution in [0.1, 0.15) is 11.1 Å². The molecule has 0 saturated heterocycles. The van der Waals surface area contributed by atoms with Crippen LogP contribution in [0.4, 0.5) is 5.69 Å². The van der Waals surface area contributed by atoms with Gasteiger partial charge in [-0.15, -0.1) is 0 Å². The van der Waals surface area contributed by atoms with Crippen LogP contribution in [0.3, 0.4) is 0 Å². The minimum absolute atomic E-state index is 0.685. The molecule has 0 atom stereocenters. The first-order valence-electron chi connectivity index (χ1n) is 5.25. The van der Waals surface area contributed by atoms with Gasteiger partial charge < -0.3 is 5.32 Å². The van der Waals surface area contributed by atoms with Crippen LogP contribution in [0.15, 0.2) is 41.1 Å². The summed E-state index contributed by atoms with van der Waals surface area (Å²) in [6.07, 6.45) is 3.60. The number of pyridine rings is 1. The van der Waals surface area contributed by atoms with Gasteiger partial charge in [0.15, 0.2) is 0 Å². The number of anilines is 1. The number of nitrogens with one attached hydrogen (secondary N) is 1. The highest BCUT2D eigenvalue weighted by molar-refractivity contribution is 9.10. The maximum absolute atomic E-state index is 6.13. The number of nitrogens with zero attached hydrogens (tertiary/aromatic N) is 1. The third-order valence-corrected chi connectivity index (χ3v) is 3.38. The Kier molecular flexibility index (Phi) is 4.02. The Morgan fingerprint density at radius 3 is 2.94 bits per heavy atom. The Morgan fingerprint density at radius 2 is 2.18 bits per heavy atom. The van der Waals surface area contributed by atoms with Gasteiger partial charge in [0, 0.05) is 22.2 Å². The third kappa shape index (κ3) is 3.20. The average Bonchev–Trinajstić information content (AvgIpc) is 2.32. The van der Waals surface area contributed by atoms with Crippen molar-refractivity contribution in [2.75, 3.05) is 5.32 Å². The molecule has 2 nitrogen and oxygen atoms in total. The molecule has 0 saturated carbocycles. The second-order valence-corrected chi connectivity index (χ2v) is 5.10. The summed E-state index contributed by atoms with van der Waals surface area (Å²) in [5.74, 6) is 0. The molecular formula is C13H12BrClN2. The lowest BCUT2D eigenvalue weighted by Crippen LogP contribution is -2.02. The van der Waals surface area contributed by atoms with Crippen LogP contribution in [0.25, 0.3) is 0 Å². The zero-order valence-electron chi connectivity index (χ0n) is 9.37. The number of aryl methyl sites for hydroxylation is 1. The van der Waals surface area contributed by atoms with Crippen LogP contribution in [0, 0.1) is 6.92 Å². The van der Waals surface area contributed by atoms with Gasteiger partial charge in [0.1, 0.15) is 0 Å². The molecule has 1 heterocycles. The van der Waals surface area contributed by atoms with Gasteiger partial charge in [0.25, 0.3) is 0 Å². The van der Waals surface area contributed by atoms with Gasteiger partial charge in [-0.3, -0.25) is 4.98 Å². The Morgan fingerprint density at radius 1 is 1.35 bits per heavy atom. The molecule has 0 aliphatic rings. The molecule has 4 heteroatoms. The molecule has 88 valence electrons. The zero-order valence-corrected chi connectivity index (χ0v) is 11.7. The summed E-state index contributed by atoms with van der Waals surface area (Å²) in [4.78, 5) is 4.09. The van der Waals surface area contributed by atoms with Gasteiger partial charge in [-0.1, -0.05) is 27.5 Å². The highest BCUT2D eigenvalue weighted by Crippen LogP contribution is 2.22. The second-order valence-electron chi connectivity index (χ2n) is 3.78. The number of benzene rings is 1. The lowest BCUT2D eigenvalue weighted by atomic mass is 10.2. The van der Waals surface area contributed by atoms with E-state index < -0.39 is 0 Å². The smallest absolute Gasteiger partial charge is 0.0559 e. The van der Waals surface area contributed by atoms with Gasteiger partial charge in [0.05, 0.1) is 11.9 Å². The van der Waals surface area contributed by atoms with Gasteiger partial charge >= 0.3 is 0 Å². The van der Waals surface area contributed by atoms with Crippen molar-refractivity contribution in [3.8, 4) is 0 Å². The fourth-order valence-electron chi connectivity index (χ4n) is 1.52. The summed E-state index contributed by atoms with van der Waals surface area (Å²) >= 11 is 9.56. The van der Waals surface area contributed by atoms with Crippen LogP contribution >= 0.6 is 27.5 Å². The van der Waals surface area contributed by atoms with E-state index in [1.54, 1.807) is 6.20 Å². The average molecular weight is 312 g/mol. The molecule has 0 fully saturated rings. The second kappa shape index (κ2) is 5.52. The summed E-state index contributed by atoms with van der Waals surface area (Å²) in [6, 6.07) is 7.81. The molecule has 1 N–H and O–H groups in total. The Balaban J connectivity index is 2.12. The fourth-order valence-corrected chi connectivity index (χ4v) is 2.11. The SMILES string of the molecule is Cc1ccncc1NCc1cc(Br)ccc1Cl. The number of halogens is 2. The van der Waals surface area contributed by atoms with Crippen LogP contribution in [0.5, 0.6) is 0 Å². The normalized spacial score (nSPS) is 10.3. The number of aromatic nitrogens is 1. The predicted molar refractivity (Wildman–Crippen MR) is 75.5 cm³/mol. The molecule has 1 aromatic carbocycles. The van der Waals surface area contributed by atoms with Crippen molar-refractivity contribution >= 4 is 33.2 Å². The zero-order chi connectivity index (χ0) is 12.3. The van der Waals surface area contributed by atoms with Crippen LogP contribution < -0.4 is 5.32 Å². The Labute approximate surface area is 114 Å². The molecule has 0 unspecified atom stereocenters. The molecule has 0 spiro atoms. The van der Waals surface area contributed by atoms with Crippen molar-refractivity contribution in [1.29, 1.82) is 0 Å². The largest absolute Gasteiger partial charge is 0.379 e. The first-order chi connectivity index (χ1) is 8.16. The minimum atomic E-state index is 0.685. The van der Waals surface area contributed by atoms with E-state index in [9.17, 15) is 0 Å². The summed E-state index contributed by atoms with van der Waals surface area (Å²) in [5.41, 5.74) is 3.26. The molecule has 0 radical (unpaired) electrons. The fraction of sp³-hybridized carbons (Fsp3) is 0.154. The van der Waals surface area contributed by atoms with Crippen molar-refractivity contribution < 1.29 is 0 Å². The summed E-state index contributed by atoms with van der Waals surface area (Å²) in [7, 11) is 0. The first kappa shape index (κ1) is 12.4. The van der Waals surface area contributed by atoms with E-state index in [-0.39, 0.29) is 0 Å². The van der Waals surface area contributed by atoms with Crippen LogP contribution in [-0.4, -0.2) is 4.98 Å². The maximum atomic E-state index is 6.13. The molecule has 0 aliphatic heterocycles. The quantitative estimate of drug-likeness (QED) is 0.907. The topological polar surface area (TPSA) is 24.9 Å². The molecule has 1 aromatic heterocycles. The summed E-state index contributed by atoms with van der Waals surface area (Å²) in [6.45, 7) is 2.73. The van der Waals surface area contributed by atoms with E-state index in [2.05, 4.69) is 26.2 Å². The van der Waals surface area contributed by atoms with Gasteiger partial charge in [-0.25, -0.2) is 0 Å². The predicted octanol–water partition coefficient (Wildman–Crippen LogP) is 4.42. The van der Waals surface area contributed by atoms with E-state index in [0.717, 1.165) is 20.7 Å². The molecular weight excluding hydrogens is 300 g/mol. The number of rotatable bonds is 3. The van der Waals surface area contributed by atoms with Crippen LogP contribution in [0.2, 0.25) is 5.02 Å². The molecule has 0 bridgehead atoms. The highest BCUT2D eigenvalue weighted by Gasteiger charge is 2.02. The molecule has 17 heavy (non-hydrogen) atoms. The molecule has 2 aromatic rings. The van der Waals surface area contributed by atoms with Crippen molar-refractivity contribution in [2.24, 2.45) is 0 Å². The Bertz CT molecular complexity index is 529. The van der Waals surface area contributed by atoms with E-state index in [4.69, 9.17) is 11.6 Å². The summed E-state index contributed by atoms with van der Waals surface area (Å²) < 4.78 is 1.03. The van der Waals surface area contributed by atoms with Crippen molar-refractivity contribution in [2.45, 2.75) is 13.5 Å². The monoisotopic (exact) mass is 310 g/mol. The van der Waals surface area contributed by atoms with Crippen molar-refractivity contribution in [1.82, 2.24) is 4.98 Å². The highest BCUT2D eigenvalue weighted by atomic mass is 79.9. The van der Waals surface area contributed by atoms with Crippen molar-refractivity contribution in [3.05, 3.63) is 57.3 Å². The number of hydrogen-bond acceptors (Lipinski definition) is 2. The number of hydrogen-bond donors (Lipinski definition) is 1. The lowest BCUT2D eigenvalue weighted by molar-refractivity contribution is 1.12. The van der Waals surface area contributed by atoms with Gasteiger partial charge in [0.2, 0.25) is 0 Å². The van der Waals surface area contributed by atoms with Crippen LogP contribution in [-0.2, 0) is 6.54 Å². The lowest BCUT2D eigenvalue weighted by Gasteiger charge is -2.10. The third-order valence-electron chi connectivity index (χ3n) is 2.52. The van der Waals surface area contributed by atoms with E-state index in [1.165, 1.54) is 5.56 Å². The van der Waals surface area contributed by atoms with Crippen molar-refractivity contribution in [3.63, 3.8) is 0 Å². The molecule has 0 aliphatic carbocycles. The Hall–Kier alpha value is -1.06. The maximum Gasteiger partial charge on any atom is 0.0559 e.